The number of carbonyl (C=O) groups is 4. The summed E-state index contributed by atoms with van der Waals surface area (Å²) in [5.41, 5.74) is -0.830. The van der Waals surface area contributed by atoms with Crippen molar-refractivity contribution in [3.05, 3.63) is 16.1 Å². The number of carboxylic acid groups (broad SMARTS) is 1. The second kappa shape index (κ2) is 18.0. The zero-order valence-corrected chi connectivity index (χ0v) is 30.2. The van der Waals surface area contributed by atoms with Crippen LogP contribution in [0.4, 0.5) is 4.79 Å². The van der Waals surface area contributed by atoms with Gasteiger partial charge in [-0.3, -0.25) is 14.5 Å². The number of aromatic carboxylic acids is 1. The fraction of sp³-hybridized carbons (Fsp3) is 0.794. The Morgan fingerprint density at radius 2 is 1.83 bits per heavy atom. The Hall–Kier alpha value is -2.73. The average molecular weight is 667 g/mol. The van der Waals surface area contributed by atoms with Crippen molar-refractivity contribution < 1.29 is 34.1 Å². The van der Waals surface area contributed by atoms with Crippen molar-refractivity contribution >= 4 is 35.2 Å². The zero-order chi connectivity index (χ0) is 34.8. The standard InChI is InChI=1S/C34H58N4O7S/c1-10-12-13-14-16-37(25(21(3)4)19-27(39)30-35-24(20-46-30)32(42)43)31(41)28(23(6)11-2)36-29(40)26-18-22(5)15-17-38(26)33(44)45-34(7,8)9/h20-23,25-28,39H,10-19H2,1-9H3,(H,36,40)(H,42,43)/t22-,23+,25-,26-,27-,28+/m1/s1. The maximum atomic E-state index is 14.6. The number of amides is 3. The highest BCUT2D eigenvalue weighted by molar-refractivity contribution is 7.09. The SMILES string of the molecule is CCCCCCN(C(=O)[C@@H](NC(=O)[C@H]1C[C@H](C)CCN1C(=O)OC(C)(C)C)[C@@H](C)CC)[C@H](C[C@@H](O)c1nc(C(=O)O)cs1)C(C)C. The smallest absolute Gasteiger partial charge is 0.410 e. The van der Waals surface area contributed by atoms with Gasteiger partial charge in [0.1, 0.15) is 28.8 Å². The molecule has 1 aliphatic heterocycles. The number of nitrogens with zero attached hydrogens (tertiary/aromatic N) is 3. The molecule has 2 heterocycles. The third-order valence-electron chi connectivity index (χ3n) is 8.77. The summed E-state index contributed by atoms with van der Waals surface area (Å²) in [6.45, 7) is 18.3. The van der Waals surface area contributed by atoms with E-state index >= 15 is 0 Å². The molecule has 0 saturated carbocycles. The molecule has 2 rings (SSSR count). The molecule has 46 heavy (non-hydrogen) atoms. The number of ether oxygens (including phenoxy) is 1. The van der Waals surface area contributed by atoms with Gasteiger partial charge in [-0.1, -0.05) is 67.2 Å². The molecule has 1 aromatic rings. The zero-order valence-electron chi connectivity index (χ0n) is 29.4. The first-order valence-electron chi connectivity index (χ1n) is 17.0. The maximum absolute atomic E-state index is 14.6. The summed E-state index contributed by atoms with van der Waals surface area (Å²) >= 11 is 1.08. The minimum absolute atomic E-state index is 0.0428. The van der Waals surface area contributed by atoms with Crippen molar-refractivity contribution in [3.8, 4) is 0 Å². The number of hydrogen-bond donors (Lipinski definition) is 3. The molecule has 0 aliphatic carbocycles. The molecule has 11 nitrogen and oxygen atoms in total. The molecule has 262 valence electrons. The molecule has 0 bridgehead atoms. The van der Waals surface area contributed by atoms with E-state index in [9.17, 15) is 29.4 Å². The predicted molar refractivity (Wildman–Crippen MR) is 180 cm³/mol. The van der Waals surface area contributed by atoms with E-state index in [2.05, 4.69) is 24.1 Å². The Morgan fingerprint density at radius 1 is 1.15 bits per heavy atom. The average Bonchev–Trinajstić information content (AvgIpc) is 3.48. The first-order chi connectivity index (χ1) is 21.5. The molecule has 1 saturated heterocycles. The van der Waals surface area contributed by atoms with Crippen molar-refractivity contribution in [1.82, 2.24) is 20.1 Å². The molecule has 0 spiro atoms. The number of piperidine rings is 1. The van der Waals surface area contributed by atoms with Gasteiger partial charge >= 0.3 is 12.1 Å². The highest BCUT2D eigenvalue weighted by atomic mass is 32.1. The van der Waals surface area contributed by atoms with E-state index < -0.39 is 41.9 Å². The Bertz CT molecular complexity index is 1150. The molecule has 1 aliphatic rings. The van der Waals surface area contributed by atoms with Crippen LogP contribution < -0.4 is 5.32 Å². The first-order valence-corrected chi connectivity index (χ1v) is 17.9. The van der Waals surface area contributed by atoms with Crippen LogP contribution in [0, 0.1) is 17.8 Å². The van der Waals surface area contributed by atoms with Crippen LogP contribution in [0.5, 0.6) is 0 Å². The van der Waals surface area contributed by atoms with Gasteiger partial charge in [0, 0.05) is 30.9 Å². The highest BCUT2D eigenvalue weighted by Gasteiger charge is 2.41. The van der Waals surface area contributed by atoms with Gasteiger partial charge < -0.3 is 25.2 Å². The van der Waals surface area contributed by atoms with Gasteiger partial charge in [-0.25, -0.2) is 14.6 Å². The monoisotopic (exact) mass is 666 g/mol. The van der Waals surface area contributed by atoms with E-state index in [1.54, 1.807) is 20.8 Å². The molecule has 0 unspecified atom stereocenters. The van der Waals surface area contributed by atoms with Crippen molar-refractivity contribution in [2.24, 2.45) is 17.8 Å². The number of aliphatic hydroxyl groups excluding tert-OH is 1. The molecule has 6 atom stereocenters. The Labute approximate surface area is 279 Å². The number of nitrogens with one attached hydrogen (secondary N) is 1. The van der Waals surface area contributed by atoms with Crippen LogP contribution in [0.15, 0.2) is 5.38 Å². The third kappa shape index (κ3) is 11.5. The van der Waals surface area contributed by atoms with Gasteiger partial charge in [-0.2, -0.15) is 0 Å². The lowest BCUT2D eigenvalue weighted by atomic mass is 9.90. The molecule has 3 amide bonds. The Balaban J connectivity index is 2.41. The fourth-order valence-corrected chi connectivity index (χ4v) is 6.61. The molecular formula is C34H58N4O7S. The predicted octanol–water partition coefficient (Wildman–Crippen LogP) is 6.26. The van der Waals surface area contributed by atoms with Crippen LogP contribution >= 0.6 is 11.3 Å². The minimum Gasteiger partial charge on any atom is -0.476 e. The lowest BCUT2D eigenvalue weighted by Crippen LogP contribution is -2.60. The summed E-state index contributed by atoms with van der Waals surface area (Å²) in [5.74, 6) is -1.76. The summed E-state index contributed by atoms with van der Waals surface area (Å²) in [5, 5.41) is 25.2. The molecule has 0 aromatic carbocycles. The van der Waals surface area contributed by atoms with Crippen LogP contribution in [0.2, 0.25) is 0 Å². The van der Waals surface area contributed by atoms with E-state index in [-0.39, 0.29) is 41.7 Å². The van der Waals surface area contributed by atoms with Crippen LogP contribution in [-0.4, -0.2) is 85.7 Å². The van der Waals surface area contributed by atoms with Crippen molar-refractivity contribution in [2.75, 3.05) is 13.1 Å². The van der Waals surface area contributed by atoms with Gasteiger partial charge in [0.25, 0.3) is 0 Å². The fourth-order valence-electron chi connectivity index (χ4n) is 5.82. The normalized spacial score (nSPS) is 19.7. The van der Waals surface area contributed by atoms with E-state index in [1.807, 2.05) is 32.6 Å². The number of unbranched alkanes of at least 4 members (excludes halogenated alkanes) is 3. The van der Waals surface area contributed by atoms with Crippen LogP contribution in [0.25, 0.3) is 0 Å². The van der Waals surface area contributed by atoms with Crippen LogP contribution in [0.3, 0.4) is 0 Å². The van der Waals surface area contributed by atoms with E-state index in [0.717, 1.165) is 43.4 Å². The summed E-state index contributed by atoms with van der Waals surface area (Å²) < 4.78 is 5.63. The number of aromatic nitrogens is 1. The largest absolute Gasteiger partial charge is 0.476 e. The molecule has 0 radical (unpaired) electrons. The van der Waals surface area contributed by atoms with Crippen LogP contribution in [0.1, 0.15) is 135 Å². The Kier molecular flexibility index (Phi) is 15.4. The molecule has 1 aromatic heterocycles. The summed E-state index contributed by atoms with van der Waals surface area (Å²) in [7, 11) is 0. The summed E-state index contributed by atoms with van der Waals surface area (Å²) in [6.07, 6.45) is 4.23. The number of carboxylic acids is 1. The van der Waals surface area contributed by atoms with Crippen molar-refractivity contribution in [3.63, 3.8) is 0 Å². The highest BCUT2D eigenvalue weighted by Crippen LogP contribution is 2.30. The van der Waals surface area contributed by atoms with Gasteiger partial charge in [0.2, 0.25) is 11.8 Å². The van der Waals surface area contributed by atoms with E-state index in [4.69, 9.17) is 4.74 Å². The number of carbonyl (C=O) groups excluding carboxylic acids is 3. The third-order valence-corrected chi connectivity index (χ3v) is 9.71. The second-order valence-electron chi connectivity index (χ2n) is 14.2. The maximum Gasteiger partial charge on any atom is 0.410 e. The summed E-state index contributed by atoms with van der Waals surface area (Å²) in [6, 6.07) is -1.98. The van der Waals surface area contributed by atoms with Gasteiger partial charge in [0.15, 0.2) is 5.69 Å². The summed E-state index contributed by atoms with van der Waals surface area (Å²) in [4.78, 5) is 60.5. The van der Waals surface area contributed by atoms with E-state index in [1.165, 1.54) is 10.3 Å². The molecule has 1 fully saturated rings. The number of thiazole rings is 1. The van der Waals surface area contributed by atoms with Crippen LogP contribution in [-0.2, 0) is 14.3 Å². The number of aliphatic hydroxyl groups is 1. The van der Waals surface area contributed by atoms with Gasteiger partial charge in [0.05, 0.1) is 0 Å². The first kappa shape index (κ1) is 39.4. The lowest BCUT2D eigenvalue weighted by Gasteiger charge is -2.41. The van der Waals surface area contributed by atoms with Crippen molar-refractivity contribution in [1.29, 1.82) is 0 Å². The number of likely N-dealkylation sites (tertiary alicyclic amines) is 1. The topological polar surface area (TPSA) is 149 Å². The molecule has 3 N–H and O–H groups in total. The van der Waals surface area contributed by atoms with Crippen molar-refractivity contribution in [2.45, 2.75) is 144 Å². The molecule has 12 heteroatoms. The molecular weight excluding hydrogens is 608 g/mol. The number of rotatable bonds is 16. The van der Waals surface area contributed by atoms with E-state index in [0.29, 0.717) is 30.9 Å². The minimum atomic E-state index is -1.16. The van der Waals surface area contributed by atoms with Gasteiger partial charge in [-0.05, 0) is 57.8 Å². The lowest BCUT2D eigenvalue weighted by molar-refractivity contribution is -0.143. The quantitative estimate of drug-likeness (QED) is 0.175. The number of hydrogen-bond acceptors (Lipinski definition) is 8. The van der Waals surface area contributed by atoms with Gasteiger partial charge in [-0.15, -0.1) is 11.3 Å². The Morgan fingerprint density at radius 3 is 2.37 bits per heavy atom. The second-order valence-corrected chi connectivity index (χ2v) is 15.1.